The third-order valence-corrected chi connectivity index (χ3v) is 5.88. The summed E-state index contributed by atoms with van der Waals surface area (Å²) < 4.78 is 14.7. The molecule has 3 rings (SSSR count). The minimum absolute atomic E-state index is 0.0295. The van der Waals surface area contributed by atoms with Crippen molar-refractivity contribution in [1.82, 2.24) is 0 Å². The fourth-order valence-corrected chi connectivity index (χ4v) is 4.18. The molecule has 1 nitrogen and oxygen atoms in total. The van der Waals surface area contributed by atoms with E-state index in [0.717, 1.165) is 17.0 Å². The monoisotopic (exact) mass is 352 g/mol. The van der Waals surface area contributed by atoms with Crippen molar-refractivity contribution in [2.24, 2.45) is 5.92 Å². The van der Waals surface area contributed by atoms with Crippen LogP contribution < -0.4 is 0 Å². The van der Waals surface area contributed by atoms with E-state index in [-0.39, 0.29) is 11.6 Å². The Kier molecular flexibility index (Phi) is 6.24. The number of hydrogen-bond donors (Lipinski definition) is 0. The summed E-state index contributed by atoms with van der Waals surface area (Å²) in [5.41, 5.74) is 3.23. The highest BCUT2D eigenvalue weighted by Crippen LogP contribution is 2.38. The zero-order valence-electron chi connectivity index (χ0n) is 15.9. The van der Waals surface area contributed by atoms with E-state index in [9.17, 15) is 9.18 Å². The van der Waals surface area contributed by atoms with Crippen LogP contribution >= 0.6 is 0 Å². The van der Waals surface area contributed by atoms with Crippen LogP contribution in [-0.4, -0.2) is 5.78 Å². The summed E-state index contributed by atoms with van der Waals surface area (Å²) in [6.07, 6.45) is 8.88. The summed E-state index contributed by atoms with van der Waals surface area (Å²) >= 11 is 0. The topological polar surface area (TPSA) is 17.1 Å². The summed E-state index contributed by atoms with van der Waals surface area (Å²) in [4.78, 5) is 11.4. The van der Waals surface area contributed by atoms with E-state index < -0.39 is 0 Å². The molecule has 0 heterocycles. The van der Waals surface area contributed by atoms with Crippen molar-refractivity contribution in [1.29, 1.82) is 0 Å². The minimum Gasteiger partial charge on any atom is -0.295 e. The van der Waals surface area contributed by atoms with Crippen molar-refractivity contribution < 1.29 is 9.18 Å². The first kappa shape index (κ1) is 18.8. The van der Waals surface area contributed by atoms with E-state index in [1.54, 1.807) is 25.1 Å². The second-order valence-electron chi connectivity index (χ2n) is 7.73. The highest BCUT2D eigenvalue weighted by atomic mass is 19.1. The second kappa shape index (κ2) is 8.62. The van der Waals surface area contributed by atoms with E-state index in [0.29, 0.717) is 17.0 Å². The normalized spacial score (nSPS) is 20.1. The van der Waals surface area contributed by atoms with Crippen LogP contribution in [0.15, 0.2) is 42.5 Å². The SMILES string of the molecule is CCCCC1CCC(c2ccc(-c3ccc(C(C)=O)cc3)c(F)c2)CC1. The van der Waals surface area contributed by atoms with Gasteiger partial charge in [0.2, 0.25) is 0 Å². The minimum atomic E-state index is -0.161. The largest absolute Gasteiger partial charge is 0.295 e. The van der Waals surface area contributed by atoms with E-state index in [4.69, 9.17) is 0 Å². The molecule has 0 saturated heterocycles. The van der Waals surface area contributed by atoms with Gasteiger partial charge in [-0.25, -0.2) is 4.39 Å². The van der Waals surface area contributed by atoms with Gasteiger partial charge in [-0.1, -0.05) is 62.6 Å². The number of unbranched alkanes of at least 4 members (excludes halogenated alkanes) is 1. The van der Waals surface area contributed by atoms with Crippen LogP contribution in [0.1, 0.15) is 80.6 Å². The molecule has 0 bridgehead atoms. The van der Waals surface area contributed by atoms with Gasteiger partial charge in [0, 0.05) is 11.1 Å². The van der Waals surface area contributed by atoms with E-state index >= 15 is 0 Å². The molecule has 1 aliphatic rings. The Morgan fingerprint density at radius 2 is 1.73 bits per heavy atom. The van der Waals surface area contributed by atoms with Gasteiger partial charge in [0.25, 0.3) is 0 Å². The highest BCUT2D eigenvalue weighted by molar-refractivity contribution is 5.94. The zero-order chi connectivity index (χ0) is 18.5. The lowest BCUT2D eigenvalue weighted by Gasteiger charge is -2.29. The highest BCUT2D eigenvalue weighted by Gasteiger charge is 2.22. The molecule has 0 radical (unpaired) electrons. The summed E-state index contributed by atoms with van der Waals surface area (Å²) in [5, 5.41) is 0. The number of carbonyl (C=O) groups excluding carboxylic acids is 1. The average Bonchev–Trinajstić information content (AvgIpc) is 2.67. The maximum Gasteiger partial charge on any atom is 0.159 e. The smallest absolute Gasteiger partial charge is 0.159 e. The van der Waals surface area contributed by atoms with Crippen LogP contribution in [0.2, 0.25) is 0 Å². The van der Waals surface area contributed by atoms with Gasteiger partial charge in [-0.05, 0) is 61.6 Å². The van der Waals surface area contributed by atoms with Gasteiger partial charge < -0.3 is 0 Å². The Hall–Kier alpha value is -1.96. The van der Waals surface area contributed by atoms with Crippen LogP contribution in [0.25, 0.3) is 11.1 Å². The predicted molar refractivity (Wildman–Crippen MR) is 106 cm³/mol. The molecule has 0 aromatic heterocycles. The van der Waals surface area contributed by atoms with E-state index in [1.807, 2.05) is 18.2 Å². The predicted octanol–water partition coefficient (Wildman–Crippen LogP) is 7.16. The van der Waals surface area contributed by atoms with Gasteiger partial charge >= 0.3 is 0 Å². The molecule has 0 aliphatic heterocycles. The maximum absolute atomic E-state index is 14.7. The molecule has 0 spiro atoms. The van der Waals surface area contributed by atoms with Gasteiger partial charge in [-0.2, -0.15) is 0 Å². The average molecular weight is 352 g/mol. The van der Waals surface area contributed by atoms with E-state index in [2.05, 4.69) is 13.0 Å². The Bertz CT molecular complexity index is 739. The first-order valence-electron chi connectivity index (χ1n) is 9.99. The Morgan fingerprint density at radius 1 is 1.04 bits per heavy atom. The molecule has 2 heteroatoms. The number of carbonyl (C=O) groups is 1. The molecule has 1 saturated carbocycles. The number of hydrogen-bond acceptors (Lipinski definition) is 1. The molecular weight excluding hydrogens is 323 g/mol. The fraction of sp³-hybridized carbons (Fsp3) is 0.458. The van der Waals surface area contributed by atoms with Crippen LogP contribution in [0.4, 0.5) is 4.39 Å². The van der Waals surface area contributed by atoms with Crippen molar-refractivity contribution in [3.63, 3.8) is 0 Å². The molecule has 26 heavy (non-hydrogen) atoms. The fourth-order valence-electron chi connectivity index (χ4n) is 4.18. The molecule has 0 amide bonds. The van der Waals surface area contributed by atoms with Crippen molar-refractivity contribution in [3.05, 3.63) is 59.4 Å². The van der Waals surface area contributed by atoms with Crippen LogP contribution in [0, 0.1) is 11.7 Å². The van der Waals surface area contributed by atoms with E-state index in [1.165, 1.54) is 44.9 Å². The molecule has 0 unspecified atom stereocenters. The van der Waals surface area contributed by atoms with Gasteiger partial charge in [-0.15, -0.1) is 0 Å². The molecule has 1 fully saturated rings. The maximum atomic E-state index is 14.7. The summed E-state index contributed by atoms with van der Waals surface area (Å²) in [5.74, 6) is 1.24. The van der Waals surface area contributed by atoms with Crippen molar-refractivity contribution >= 4 is 5.78 Å². The van der Waals surface area contributed by atoms with Crippen LogP contribution in [0.3, 0.4) is 0 Å². The molecule has 1 aliphatic carbocycles. The lowest BCUT2D eigenvalue weighted by atomic mass is 9.77. The number of benzene rings is 2. The number of rotatable bonds is 6. The van der Waals surface area contributed by atoms with Gasteiger partial charge in [0.1, 0.15) is 5.82 Å². The zero-order valence-corrected chi connectivity index (χ0v) is 15.9. The van der Waals surface area contributed by atoms with Gasteiger partial charge in [0.15, 0.2) is 5.78 Å². The standard InChI is InChI=1S/C24H29FO/c1-3-4-5-18-6-8-20(9-7-18)22-14-15-23(24(25)16-22)21-12-10-19(11-13-21)17(2)26/h10-16,18,20H,3-9H2,1-2H3. The summed E-state index contributed by atoms with van der Waals surface area (Å²) in [6.45, 7) is 3.80. The lowest BCUT2D eigenvalue weighted by molar-refractivity contribution is 0.101. The van der Waals surface area contributed by atoms with Crippen molar-refractivity contribution in [2.45, 2.75) is 64.7 Å². The first-order chi connectivity index (χ1) is 12.6. The first-order valence-corrected chi connectivity index (χ1v) is 9.99. The third kappa shape index (κ3) is 4.41. The number of ketones is 1. The van der Waals surface area contributed by atoms with Crippen molar-refractivity contribution in [2.75, 3.05) is 0 Å². The summed E-state index contributed by atoms with van der Waals surface area (Å²) in [6, 6.07) is 12.9. The Morgan fingerprint density at radius 3 is 2.31 bits per heavy atom. The molecule has 0 atom stereocenters. The molecule has 0 N–H and O–H groups in total. The van der Waals surface area contributed by atoms with Gasteiger partial charge in [0.05, 0.1) is 0 Å². The molecular formula is C24H29FO. The summed E-state index contributed by atoms with van der Waals surface area (Å²) in [7, 11) is 0. The van der Waals surface area contributed by atoms with Crippen molar-refractivity contribution in [3.8, 4) is 11.1 Å². The van der Waals surface area contributed by atoms with Crippen LogP contribution in [-0.2, 0) is 0 Å². The Balaban J connectivity index is 1.69. The second-order valence-corrected chi connectivity index (χ2v) is 7.73. The molecule has 2 aromatic carbocycles. The number of halogens is 1. The third-order valence-electron chi connectivity index (χ3n) is 5.88. The molecule has 138 valence electrons. The Labute approximate surface area is 156 Å². The lowest BCUT2D eigenvalue weighted by Crippen LogP contribution is -2.13. The number of Topliss-reactive ketones (excluding diaryl/α,β-unsaturated/α-hetero) is 1. The van der Waals surface area contributed by atoms with Gasteiger partial charge in [-0.3, -0.25) is 4.79 Å². The van der Waals surface area contributed by atoms with Crippen LogP contribution in [0.5, 0.6) is 0 Å². The quantitative estimate of drug-likeness (QED) is 0.504. The molecule has 2 aromatic rings.